The van der Waals surface area contributed by atoms with Crippen molar-refractivity contribution in [3.8, 4) is 0 Å². The fourth-order valence-electron chi connectivity index (χ4n) is 0.830. The van der Waals surface area contributed by atoms with Crippen LogP contribution in [0.2, 0.25) is 0 Å². The molecule has 3 heteroatoms. The van der Waals surface area contributed by atoms with Gasteiger partial charge in [-0.15, -0.1) is 0 Å². The first kappa shape index (κ1) is 8.01. The minimum Gasteiger partial charge on any atom is -0.363 e. The Morgan fingerprint density at radius 1 is 1.45 bits per heavy atom. The molecule has 0 amide bonds. The quantitative estimate of drug-likeness (QED) is 0.673. The van der Waals surface area contributed by atoms with Gasteiger partial charge >= 0.3 is 0 Å². The number of hydrogen-bond donors (Lipinski definition) is 1. The number of rotatable bonds is 2. The summed E-state index contributed by atoms with van der Waals surface area (Å²) >= 11 is 0. The molecule has 0 aliphatic carbocycles. The van der Waals surface area contributed by atoms with E-state index in [1.165, 1.54) is 0 Å². The average Bonchev–Trinajstić information content (AvgIpc) is 2.05. The lowest BCUT2D eigenvalue weighted by molar-refractivity contribution is 0.961. The van der Waals surface area contributed by atoms with Gasteiger partial charge in [-0.3, -0.25) is 0 Å². The molecule has 1 aromatic rings. The second kappa shape index (κ2) is 3.34. The van der Waals surface area contributed by atoms with Crippen molar-refractivity contribution in [1.82, 2.24) is 4.98 Å². The maximum absolute atomic E-state index is 5.44. The normalized spacial score (nSPS) is 9.73. The lowest BCUT2D eigenvalue weighted by Gasteiger charge is -2.11. The second-order valence-electron chi connectivity index (χ2n) is 2.59. The van der Waals surface area contributed by atoms with Crippen LogP contribution in [0.3, 0.4) is 0 Å². The van der Waals surface area contributed by atoms with E-state index >= 15 is 0 Å². The van der Waals surface area contributed by atoms with Crippen molar-refractivity contribution in [2.75, 3.05) is 19.0 Å². The van der Waals surface area contributed by atoms with Crippen molar-refractivity contribution in [1.29, 1.82) is 0 Å². The van der Waals surface area contributed by atoms with Crippen molar-refractivity contribution in [2.45, 2.75) is 6.54 Å². The third kappa shape index (κ3) is 1.91. The Hall–Kier alpha value is -1.09. The number of nitrogens with zero attached hydrogens (tertiary/aromatic N) is 2. The molecular weight excluding hydrogens is 138 g/mol. The Balaban J connectivity index is 2.91. The highest BCUT2D eigenvalue weighted by atomic mass is 15.1. The molecular formula is C8H13N3. The van der Waals surface area contributed by atoms with Crippen LogP contribution in [-0.4, -0.2) is 19.1 Å². The Bertz CT molecular complexity index is 233. The smallest absolute Gasteiger partial charge is 0.128 e. The molecule has 1 heterocycles. The van der Waals surface area contributed by atoms with Gasteiger partial charge in [-0.05, 0) is 12.1 Å². The van der Waals surface area contributed by atoms with Gasteiger partial charge in [0.05, 0.1) is 5.69 Å². The van der Waals surface area contributed by atoms with E-state index in [0.717, 1.165) is 11.5 Å². The Labute approximate surface area is 66.8 Å². The van der Waals surface area contributed by atoms with E-state index in [-0.39, 0.29) is 0 Å². The number of nitrogens with two attached hydrogens (primary N) is 1. The molecule has 1 rings (SSSR count). The fraction of sp³-hybridized carbons (Fsp3) is 0.375. The van der Waals surface area contributed by atoms with Gasteiger partial charge in [-0.2, -0.15) is 0 Å². The summed E-state index contributed by atoms with van der Waals surface area (Å²) in [5.41, 5.74) is 6.36. The highest BCUT2D eigenvalue weighted by Gasteiger charge is 1.96. The summed E-state index contributed by atoms with van der Waals surface area (Å²) in [5.74, 6) is 0.952. The topological polar surface area (TPSA) is 42.1 Å². The number of pyridine rings is 1. The number of anilines is 1. The third-order valence-electron chi connectivity index (χ3n) is 1.46. The monoisotopic (exact) mass is 151 g/mol. The van der Waals surface area contributed by atoms with Crippen LogP contribution >= 0.6 is 0 Å². The van der Waals surface area contributed by atoms with Crippen molar-refractivity contribution in [3.63, 3.8) is 0 Å². The van der Waals surface area contributed by atoms with Gasteiger partial charge in [-0.25, -0.2) is 4.98 Å². The Morgan fingerprint density at radius 2 is 2.18 bits per heavy atom. The minimum atomic E-state index is 0.502. The first-order valence-electron chi connectivity index (χ1n) is 3.57. The molecule has 0 unspecified atom stereocenters. The number of hydrogen-bond acceptors (Lipinski definition) is 3. The maximum atomic E-state index is 5.44. The van der Waals surface area contributed by atoms with Gasteiger partial charge in [0.15, 0.2) is 0 Å². The van der Waals surface area contributed by atoms with E-state index in [4.69, 9.17) is 5.73 Å². The predicted octanol–water partition coefficient (Wildman–Crippen LogP) is 0.606. The zero-order valence-corrected chi connectivity index (χ0v) is 6.91. The molecule has 11 heavy (non-hydrogen) atoms. The Morgan fingerprint density at radius 3 is 2.73 bits per heavy atom. The molecule has 1 aromatic heterocycles. The van der Waals surface area contributed by atoms with Crippen molar-refractivity contribution in [2.24, 2.45) is 5.73 Å². The third-order valence-corrected chi connectivity index (χ3v) is 1.46. The first-order valence-corrected chi connectivity index (χ1v) is 3.57. The maximum Gasteiger partial charge on any atom is 0.128 e. The molecule has 0 aliphatic heterocycles. The zero-order chi connectivity index (χ0) is 8.27. The molecule has 0 spiro atoms. The molecule has 0 saturated heterocycles. The van der Waals surface area contributed by atoms with Crippen LogP contribution in [0.1, 0.15) is 5.69 Å². The highest BCUT2D eigenvalue weighted by Crippen LogP contribution is 2.06. The standard InChI is InChI=1S/C8H13N3/c1-11(2)8-5-3-4-7(6-9)10-8/h3-5H,6,9H2,1-2H3. The average molecular weight is 151 g/mol. The van der Waals surface area contributed by atoms with Gasteiger partial charge in [0.1, 0.15) is 5.82 Å². The molecule has 0 atom stereocenters. The van der Waals surface area contributed by atoms with E-state index in [0.29, 0.717) is 6.54 Å². The zero-order valence-electron chi connectivity index (χ0n) is 6.91. The Kier molecular flexibility index (Phi) is 2.44. The first-order chi connectivity index (χ1) is 5.24. The highest BCUT2D eigenvalue weighted by molar-refractivity contribution is 5.36. The van der Waals surface area contributed by atoms with Gasteiger partial charge < -0.3 is 10.6 Å². The van der Waals surface area contributed by atoms with Gasteiger partial charge in [0, 0.05) is 20.6 Å². The number of aromatic nitrogens is 1. The molecule has 0 bridgehead atoms. The summed E-state index contributed by atoms with van der Waals surface area (Å²) in [4.78, 5) is 6.25. The van der Waals surface area contributed by atoms with Crippen molar-refractivity contribution in [3.05, 3.63) is 23.9 Å². The lowest BCUT2D eigenvalue weighted by atomic mass is 10.3. The van der Waals surface area contributed by atoms with E-state index in [1.807, 2.05) is 37.2 Å². The molecule has 0 fully saturated rings. The van der Waals surface area contributed by atoms with Crippen LogP contribution in [0.5, 0.6) is 0 Å². The fourth-order valence-corrected chi connectivity index (χ4v) is 0.830. The summed E-state index contributed by atoms with van der Waals surface area (Å²) in [6, 6.07) is 5.84. The van der Waals surface area contributed by atoms with Crippen molar-refractivity contribution >= 4 is 5.82 Å². The molecule has 3 nitrogen and oxygen atoms in total. The van der Waals surface area contributed by atoms with Crippen LogP contribution in [0, 0.1) is 0 Å². The molecule has 60 valence electrons. The SMILES string of the molecule is CN(C)c1cccc(CN)n1. The van der Waals surface area contributed by atoms with E-state index in [2.05, 4.69) is 4.98 Å². The summed E-state index contributed by atoms with van der Waals surface area (Å²) in [5, 5.41) is 0. The predicted molar refractivity (Wildman–Crippen MR) is 46.5 cm³/mol. The second-order valence-corrected chi connectivity index (χ2v) is 2.59. The molecule has 0 aromatic carbocycles. The molecule has 0 saturated carbocycles. The van der Waals surface area contributed by atoms with E-state index in [1.54, 1.807) is 0 Å². The summed E-state index contributed by atoms with van der Waals surface area (Å²) in [6.45, 7) is 0.502. The molecule has 2 N–H and O–H groups in total. The minimum absolute atomic E-state index is 0.502. The summed E-state index contributed by atoms with van der Waals surface area (Å²) in [6.07, 6.45) is 0. The van der Waals surface area contributed by atoms with Crippen LogP contribution in [-0.2, 0) is 6.54 Å². The summed E-state index contributed by atoms with van der Waals surface area (Å²) < 4.78 is 0. The van der Waals surface area contributed by atoms with E-state index < -0.39 is 0 Å². The molecule has 0 aliphatic rings. The van der Waals surface area contributed by atoms with Crippen LogP contribution in [0.4, 0.5) is 5.82 Å². The van der Waals surface area contributed by atoms with Gasteiger partial charge in [0.2, 0.25) is 0 Å². The van der Waals surface area contributed by atoms with E-state index in [9.17, 15) is 0 Å². The molecule has 0 radical (unpaired) electrons. The lowest BCUT2D eigenvalue weighted by Crippen LogP contribution is -2.12. The van der Waals surface area contributed by atoms with Crippen LogP contribution in [0.25, 0.3) is 0 Å². The largest absolute Gasteiger partial charge is 0.363 e. The van der Waals surface area contributed by atoms with Crippen LogP contribution < -0.4 is 10.6 Å². The van der Waals surface area contributed by atoms with Crippen molar-refractivity contribution < 1.29 is 0 Å². The van der Waals surface area contributed by atoms with Gasteiger partial charge in [-0.1, -0.05) is 6.07 Å². The van der Waals surface area contributed by atoms with Crippen LogP contribution in [0.15, 0.2) is 18.2 Å². The summed E-state index contributed by atoms with van der Waals surface area (Å²) in [7, 11) is 3.92. The van der Waals surface area contributed by atoms with Gasteiger partial charge in [0.25, 0.3) is 0 Å².